The van der Waals surface area contributed by atoms with E-state index < -0.39 is 5.82 Å². The number of fused-ring (bicyclic) bond motifs is 2. The van der Waals surface area contributed by atoms with Crippen molar-refractivity contribution in [2.45, 2.75) is 13.8 Å². The van der Waals surface area contributed by atoms with E-state index in [1.807, 2.05) is 33.2 Å². The molecule has 5 heterocycles. The van der Waals surface area contributed by atoms with E-state index in [9.17, 15) is 9.18 Å². The van der Waals surface area contributed by atoms with E-state index in [2.05, 4.69) is 25.3 Å². The number of rotatable bonds is 3. The molecule has 0 radical (unpaired) electrons. The van der Waals surface area contributed by atoms with Gasteiger partial charge in [0.15, 0.2) is 22.9 Å². The van der Waals surface area contributed by atoms with Crippen LogP contribution in [0, 0.1) is 25.6 Å². The van der Waals surface area contributed by atoms with Crippen molar-refractivity contribution in [3.8, 4) is 11.3 Å². The van der Waals surface area contributed by atoms with Crippen LogP contribution in [0.25, 0.3) is 22.6 Å². The van der Waals surface area contributed by atoms with Gasteiger partial charge in [-0.05, 0) is 38.6 Å². The molecule has 29 heavy (non-hydrogen) atoms. The van der Waals surface area contributed by atoms with E-state index in [1.165, 1.54) is 6.07 Å². The van der Waals surface area contributed by atoms with Crippen LogP contribution >= 0.6 is 0 Å². The average molecular weight is 393 g/mol. The van der Waals surface area contributed by atoms with Gasteiger partial charge in [-0.25, -0.2) is 18.9 Å². The minimum atomic E-state index is -0.479. The van der Waals surface area contributed by atoms with Gasteiger partial charge in [0.25, 0.3) is 0 Å². The number of hydrogen-bond acceptors (Lipinski definition) is 5. The molecule has 5 rings (SSSR count). The predicted octanol–water partition coefficient (Wildman–Crippen LogP) is 2.30. The van der Waals surface area contributed by atoms with Crippen LogP contribution in [0.4, 0.5) is 10.2 Å². The summed E-state index contributed by atoms with van der Waals surface area (Å²) in [4.78, 5) is 23.0. The highest BCUT2D eigenvalue weighted by Crippen LogP contribution is 2.24. The van der Waals surface area contributed by atoms with Crippen LogP contribution in [0.5, 0.6) is 0 Å². The molecule has 1 aliphatic heterocycles. The number of halogens is 1. The molecule has 0 spiro atoms. The van der Waals surface area contributed by atoms with Crippen LogP contribution in [-0.4, -0.2) is 54.9 Å². The molecule has 4 aromatic rings. The fourth-order valence-electron chi connectivity index (χ4n) is 3.74. The number of nitrogens with zero attached hydrogens (tertiary/aromatic N) is 6. The van der Waals surface area contributed by atoms with Gasteiger partial charge in [-0.15, -0.1) is 0 Å². The van der Waals surface area contributed by atoms with Crippen molar-refractivity contribution in [3.05, 3.63) is 47.8 Å². The Labute approximate surface area is 166 Å². The normalized spacial score (nSPS) is 15.2. The van der Waals surface area contributed by atoms with Gasteiger partial charge < -0.3 is 14.6 Å². The zero-order valence-electron chi connectivity index (χ0n) is 16.3. The molecule has 1 aliphatic rings. The quantitative estimate of drug-likeness (QED) is 0.578. The predicted molar refractivity (Wildman–Crippen MR) is 106 cm³/mol. The number of amides is 1. The number of carbonyl (C=O) groups excluding carboxylic acids is 1. The fourth-order valence-corrected chi connectivity index (χ4v) is 3.74. The molecule has 1 saturated heterocycles. The number of imidazole rings is 2. The zero-order valence-corrected chi connectivity index (χ0v) is 16.3. The highest BCUT2D eigenvalue weighted by molar-refractivity contribution is 5.92. The second-order valence-electron chi connectivity index (χ2n) is 7.70. The number of nitrogens with one attached hydrogen (secondary N) is 1. The number of hydrogen-bond donors (Lipinski definition) is 1. The Balaban J connectivity index is 1.50. The van der Waals surface area contributed by atoms with Gasteiger partial charge in [0.1, 0.15) is 0 Å². The molecular weight excluding hydrogens is 373 g/mol. The molecule has 1 amide bonds. The SMILES string of the molecule is Cc1cn2nc(-c3cc(F)c4nc(NC(=O)C5CN(C)C5)cn4c3)cc(C)c2n1. The third-order valence-electron chi connectivity index (χ3n) is 5.22. The van der Waals surface area contributed by atoms with Crippen LogP contribution in [-0.2, 0) is 4.79 Å². The Morgan fingerprint density at radius 3 is 2.69 bits per heavy atom. The lowest BCUT2D eigenvalue weighted by Gasteiger charge is -2.34. The smallest absolute Gasteiger partial charge is 0.231 e. The molecule has 0 aliphatic carbocycles. The van der Waals surface area contributed by atoms with Gasteiger partial charge in [-0.2, -0.15) is 5.10 Å². The van der Waals surface area contributed by atoms with Crippen LogP contribution in [0.1, 0.15) is 11.3 Å². The first-order chi connectivity index (χ1) is 13.9. The maximum atomic E-state index is 14.7. The summed E-state index contributed by atoms with van der Waals surface area (Å²) in [6.45, 7) is 5.30. The minimum Gasteiger partial charge on any atom is -0.309 e. The summed E-state index contributed by atoms with van der Waals surface area (Å²) in [5.74, 6) is -0.286. The fraction of sp³-hybridized carbons (Fsp3) is 0.300. The van der Waals surface area contributed by atoms with Gasteiger partial charge in [-0.3, -0.25) is 4.79 Å². The molecular formula is C20H20FN7O. The standard InChI is InChI=1S/C20H20FN7O/c1-11-4-16(25-28-6-12(2)22-18(11)28)13-5-15(21)19-23-17(10-27(19)9-13)24-20(29)14-7-26(3)8-14/h4-6,9-10,14H,7-8H2,1-3H3,(H,24,29). The van der Waals surface area contributed by atoms with Crippen molar-refractivity contribution in [1.29, 1.82) is 0 Å². The Morgan fingerprint density at radius 2 is 1.93 bits per heavy atom. The van der Waals surface area contributed by atoms with Crippen molar-refractivity contribution in [2.24, 2.45) is 5.92 Å². The molecule has 0 saturated carbocycles. The highest BCUT2D eigenvalue weighted by Gasteiger charge is 2.30. The monoisotopic (exact) mass is 393 g/mol. The highest BCUT2D eigenvalue weighted by atomic mass is 19.1. The topological polar surface area (TPSA) is 79.8 Å². The van der Waals surface area contributed by atoms with Crippen molar-refractivity contribution < 1.29 is 9.18 Å². The van der Waals surface area contributed by atoms with Crippen molar-refractivity contribution >= 4 is 23.0 Å². The molecule has 0 unspecified atom stereocenters. The third-order valence-corrected chi connectivity index (χ3v) is 5.22. The van der Waals surface area contributed by atoms with E-state index in [4.69, 9.17) is 0 Å². The van der Waals surface area contributed by atoms with Gasteiger partial charge >= 0.3 is 0 Å². The number of pyridine rings is 1. The summed E-state index contributed by atoms with van der Waals surface area (Å²) in [5.41, 5.74) is 4.00. The summed E-state index contributed by atoms with van der Waals surface area (Å²) < 4.78 is 18.0. The first-order valence-corrected chi connectivity index (χ1v) is 9.39. The number of aromatic nitrogens is 5. The van der Waals surface area contributed by atoms with Gasteiger partial charge in [-0.1, -0.05) is 0 Å². The lowest BCUT2D eigenvalue weighted by molar-refractivity contribution is -0.124. The van der Waals surface area contributed by atoms with Crippen molar-refractivity contribution in [1.82, 2.24) is 28.9 Å². The summed E-state index contributed by atoms with van der Waals surface area (Å²) in [6, 6.07) is 3.29. The molecule has 4 aromatic heterocycles. The summed E-state index contributed by atoms with van der Waals surface area (Å²) >= 11 is 0. The molecule has 8 nitrogen and oxygen atoms in total. The molecule has 9 heteroatoms. The zero-order chi connectivity index (χ0) is 20.3. The molecule has 1 fully saturated rings. The molecule has 0 atom stereocenters. The second-order valence-corrected chi connectivity index (χ2v) is 7.70. The molecule has 1 N–H and O–H groups in total. The van der Waals surface area contributed by atoms with Crippen molar-refractivity contribution in [3.63, 3.8) is 0 Å². The first kappa shape index (κ1) is 17.7. The van der Waals surface area contributed by atoms with Gasteiger partial charge in [0.2, 0.25) is 5.91 Å². The third kappa shape index (κ3) is 3.03. The van der Waals surface area contributed by atoms with E-state index in [0.29, 0.717) is 17.1 Å². The van der Waals surface area contributed by atoms with E-state index in [0.717, 1.165) is 30.0 Å². The van der Waals surface area contributed by atoms with Gasteiger partial charge in [0.05, 0.1) is 29.7 Å². The Kier molecular flexibility index (Phi) is 3.88. The Hall–Kier alpha value is -3.33. The van der Waals surface area contributed by atoms with E-state index in [1.54, 1.807) is 21.3 Å². The Bertz CT molecular complexity index is 1270. The summed E-state index contributed by atoms with van der Waals surface area (Å²) in [7, 11) is 1.96. The van der Waals surface area contributed by atoms with Crippen LogP contribution in [0.2, 0.25) is 0 Å². The molecule has 0 aromatic carbocycles. The Morgan fingerprint density at radius 1 is 1.14 bits per heavy atom. The van der Waals surface area contributed by atoms with Crippen molar-refractivity contribution in [2.75, 3.05) is 25.5 Å². The van der Waals surface area contributed by atoms with Crippen LogP contribution in [0.15, 0.2) is 30.7 Å². The number of anilines is 1. The maximum Gasteiger partial charge on any atom is 0.231 e. The summed E-state index contributed by atoms with van der Waals surface area (Å²) in [5, 5.41) is 7.34. The maximum absolute atomic E-state index is 14.7. The lowest BCUT2D eigenvalue weighted by atomic mass is 10.0. The average Bonchev–Trinajstić information content (AvgIpc) is 3.21. The first-order valence-electron chi connectivity index (χ1n) is 9.39. The van der Waals surface area contributed by atoms with Crippen LogP contribution < -0.4 is 5.32 Å². The van der Waals surface area contributed by atoms with E-state index >= 15 is 0 Å². The van der Waals surface area contributed by atoms with Gasteiger partial charge in [0, 0.05) is 24.8 Å². The number of likely N-dealkylation sites (tertiary alicyclic amines) is 1. The summed E-state index contributed by atoms with van der Waals surface area (Å²) in [6.07, 6.45) is 5.22. The van der Waals surface area contributed by atoms with Crippen LogP contribution in [0.3, 0.4) is 0 Å². The second kappa shape index (κ2) is 6.35. The van der Waals surface area contributed by atoms with E-state index in [-0.39, 0.29) is 17.5 Å². The number of carbonyl (C=O) groups is 1. The molecule has 148 valence electrons. The minimum absolute atomic E-state index is 0.0530. The molecule has 0 bridgehead atoms. The largest absolute Gasteiger partial charge is 0.309 e. The lowest BCUT2D eigenvalue weighted by Crippen LogP contribution is -2.49. The number of aryl methyl sites for hydroxylation is 2.